The van der Waals surface area contributed by atoms with Crippen molar-refractivity contribution in [3.8, 4) is 11.9 Å². The third-order valence-corrected chi connectivity index (χ3v) is 6.32. The van der Waals surface area contributed by atoms with Gasteiger partial charge in [-0.05, 0) is 40.2 Å². The van der Waals surface area contributed by atoms with Crippen molar-refractivity contribution in [3.05, 3.63) is 68.6 Å². The summed E-state index contributed by atoms with van der Waals surface area (Å²) in [5, 5.41) is 18.8. The van der Waals surface area contributed by atoms with Crippen LogP contribution in [0.25, 0.3) is 0 Å². The monoisotopic (exact) mass is 581 g/mol. The number of hydrogen-bond acceptors (Lipinski definition) is 5. The lowest BCUT2D eigenvalue weighted by molar-refractivity contribution is -0.456. The molecule has 1 N–H and O–H groups in total. The van der Waals surface area contributed by atoms with Gasteiger partial charge in [-0.15, -0.1) is 4.99 Å². The van der Waals surface area contributed by atoms with E-state index in [0.29, 0.717) is 31.5 Å². The third-order valence-electron chi connectivity index (χ3n) is 4.98. The first kappa shape index (κ1) is 24.8. The van der Waals surface area contributed by atoms with Gasteiger partial charge < -0.3 is 10.1 Å². The predicted molar refractivity (Wildman–Crippen MR) is 132 cm³/mol. The molecule has 1 unspecified atom stereocenters. The van der Waals surface area contributed by atoms with Crippen LogP contribution in [0.1, 0.15) is 5.56 Å². The summed E-state index contributed by atoms with van der Waals surface area (Å²) < 4.78 is 31.5. The standard InChI is InChI=1S/C22H14BrCl2F2N6O2/c23-15-6-7-32(20(15)34)18-10-33(31-19(18)12-4-5-16(24)17(25)8-12)22(29-11-28)30-13-2-1-3-14(9-13)35-21(26)27/h1-9,18,21H,10H2,(H,29,30)/q+1. The number of aliphatic imine (C=N–C) groups is 1. The minimum Gasteiger partial charge on any atom is -0.435 e. The van der Waals surface area contributed by atoms with Gasteiger partial charge in [0.05, 0.1) is 10.0 Å². The number of nitrogens with one attached hydrogen (secondary N) is 1. The molecule has 1 atom stereocenters. The molecule has 0 aromatic heterocycles. The van der Waals surface area contributed by atoms with Gasteiger partial charge in [0.1, 0.15) is 22.5 Å². The van der Waals surface area contributed by atoms with Crippen molar-refractivity contribution in [2.24, 2.45) is 10.1 Å². The molecule has 0 saturated carbocycles. The fourth-order valence-electron chi connectivity index (χ4n) is 3.48. The molecule has 0 saturated heterocycles. The Morgan fingerprint density at radius 2 is 2.11 bits per heavy atom. The van der Waals surface area contributed by atoms with Crippen LogP contribution in [0.15, 0.2) is 63.1 Å². The lowest BCUT2D eigenvalue weighted by atomic mass is 10.0. The molecule has 1 amide bonds. The summed E-state index contributed by atoms with van der Waals surface area (Å²) in [6.45, 7) is -2.86. The molecule has 0 fully saturated rings. The van der Waals surface area contributed by atoms with Gasteiger partial charge in [0.15, 0.2) is 6.21 Å². The second-order valence-corrected chi connectivity index (χ2v) is 8.82. The maximum atomic E-state index is 12.7. The van der Waals surface area contributed by atoms with E-state index in [0.717, 1.165) is 0 Å². The van der Waals surface area contributed by atoms with E-state index in [-0.39, 0.29) is 24.2 Å². The molecule has 13 heteroatoms. The Bertz CT molecular complexity index is 1360. The van der Waals surface area contributed by atoms with Gasteiger partial charge in [0.25, 0.3) is 0 Å². The number of rotatable bonds is 5. The number of amides is 1. The number of guanidine groups is 1. The molecular formula is C22H14BrCl2F2N6O2+. The summed E-state index contributed by atoms with van der Waals surface area (Å²) in [6, 6.07) is 10.2. The summed E-state index contributed by atoms with van der Waals surface area (Å²) >= 11 is 15.5. The number of nitrogens with zero attached hydrogens (tertiary/aromatic N) is 5. The predicted octanol–water partition coefficient (Wildman–Crippen LogP) is 4.83. The maximum absolute atomic E-state index is 12.7. The Morgan fingerprint density at radius 1 is 1.31 bits per heavy atom. The first-order chi connectivity index (χ1) is 16.8. The van der Waals surface area contributed by atoms with Gasteiger partial charge in [-0.2, -0.15) is 23.7 Å². The highest BCUT2D eigenvalue weighted by Gasteiger charge is 2.43. The van der Waals surface area contributed by atoms with Crippen molar-refractivity contribution < 1.29 is 22.9 Å². The second kappa shape index (κ2) is 10.5. The fourth-order valence-corrected chi connectivity index (χ4v) is 4.10. The lowest BCUT2D eigenvalue weighted by Crippen LogP contribution is -2.41. The van der Waals surface area contributed by atoms with E-state index in [1.807, 2.05) is 0 Å². The molecule has 0 aliphatic carbocycles. The van der Waals surface area contributed by atoms with Gasteiger partial charge in [-0.3, -0.25) is 0 Å². The normalized spacial score (nSPS) is 17.8. The van der Waals surface area contributed by atoms with Crippen LogP contribution in [-0.2, 0) is 4.79 Å². The minimum atomic E-state index is -2.99. The number of alkyl halides is 2. The van der Waals surface area contributed by atoms with Crippen LogP contribution in [0.4, 0.5) is 14.5 Å². The second-order valence-electron chi connectivity index (χ2n) is 7.15. The first-order valence-electron chi connectivity index (χ1n) is 9.90. The van der Waals surface area contributed by atoms with Gasteiger partial charge in [0.2, 0.25) is 18.2 Å². The van der Waals surface area contributed by atoms with Crippen molar-refractivity contribution in [1.82, 2.24) is 5.01 Å². The van der Waals surface area contributed by atoms with Crippen molar-refractivity contribution in [2.75, 3.05) is 11.9 Å². The SMILES string of the molecule is N#C/N=C(\Nc1cccc(OC(F)F)c1)N1CC([N+]2=CC=C(Br)C2=O)C(c2ccc(Cl)c(Cl)c2)=N1. The number of allylic oxidation sites excluding steroid dienone is 1. The van der Waals surface area contributed by atoms with Crippen LogP contribution in [0.2, 0.25) is 10.0 Å². The Hall–Kier alpha value is -3.33. The van der Waals surface area contributed by atoms with Crippen LogP contribution >= 0.6 is 39.1 Å². The van der Waals surface area contributed by atoms with Crippen molar-refractivity contribution in [1.29, 1.82) is 5.26 Å². The molecule has 2 aliphatic rings. The van der Waals surface area contributed by atoms with E-state index in [1.54, 1.807) is 42.7 Å². The number of nitriles is 1. The van der Waals surface area contributed by atoms with E-state index in [1.165, 1.54) is 27.8 Å². The zero-order chi connectivity index (χ0) is 25.1. The quantitative estimate of drug-likeness (QED) is 0.236. The van der Waals surface area contributed by atoms with E-state index >= 15 is 0 Å². The Balaban J connectivity index is 1.69. The number of ether oxygens (including phenoxy) is 1. The highest BCUT2D eigenvalue weighted by Crippen LogP contribution is 2.28. The molecule has 2 aliphatic heterocycles. The number of carbonyl (C=O) groups excluding carboxylic acids is 1. The van der Waals surface area contributed by atoms with Gasteiger partial charge in [-0.25, -0.2) is 9.80 Å². The van der Waals surface area contributed by atoms with Gasteiger partial charge in [0, 0.05) is 23.4 Å². The molecule has 4 rings (SSSR count). The minimum absolute atomic E-state index is 0.0143. The average Bonchev–Trinajstić information content (AvgIpc) is 3.39. The highest BCUT2D eigenvalue weighted by atomic mass is 79.9. The molecular weight excluding hydrogens is 569 g/mol. The summed E-state index contributed by atoms with van der Waals surface area (Å²) in [6.07, 6.45) is 4.94. The molecule has 2 aromatic carbocycles. The van der Waals surface area contributed by atoms with Crippen LogP contribution < -0.4 is 10.1 Å². The maximum Gasteiger partial charge on any atom is 0.427 e. The number of benzene rings is 2. The largest absolute Gasteiger partial charge is 0.435 e. The number of hydrazone groups is 1. The molecule has 0 spiro atoms. The molecule has 8 nitrogen and oxygen atoms in total. The smallest absolute Gasteiger partial charge is 0.427 e. The van der Waals surface area contributed by atoms with Crippen LogP contribution in [0.3, 0.4) is 0 Å². The van der Waals surface area contributed by atoms with Crippen LogP contribution in [0, 0.1) is 11.5 Å². The number of halogens is 5. The molecule has 178 valence electrons. The molecule has 35 heavy (non-hydrogen) atoms. The summed E-state index contributed by atoms with van der Waals surface area (Å²) in [5.74, 6) is -0.331. The molecule has 2 aromatic rings. The zero-order valence-corrected chi connectivity index (χ0v) is 20.6. The Kier molecular flexibility index (Phi) is 7.45. The van der Waals surface area contributed by atoms with Gasteiger partial charge >= 0.3 is 12.5 Å². The van der Waals surface area contributed by atoms with E-state index in [2.05, 4.69) is 36.1 Å². The molecule has 2 heterocycles. The zero-order valence-electron chi connectivity index (χ0n) is 17.5. The van der Waals surface area contributed by atoms with E-state index < -0.39 is 12.7 Å². The van der Waals surface area contributed by atoms with E-state index in [9.17, 15) is 18.8 Å². The highest BCUT2D eigenvalue weighted by molar-refractivity contribution is 9.12. The lowest BCUT2D eigenvalue weighted by Gasteiger charge is -2.17. The topological polar surface area (TPSA) is 93.1 Å². The third kappa shape index (κ3) is 5.51. The van der Waals surface area contributed by atoms with Crippen molar-refractivity contribution in [3.63, 3.8) is 0 Å². The fraction of sp³-hybridized carbons (Fsp3) is 0.136. The van der Waals surface area contributed by atoms with Crippen LogP contribution in [-0.4, -0.2) is 52.6 Å². The Labute approximate surface area is 216 Å². The van der Waals surface area contributed by atoms with Crippen molar-refractivity contribution >= 4 is 68.6 Å². The van der Waals surface area contributed by atoms with Crippen LogP contribution in [0.5, 0.6) is 5.75 Å². The number of carbonyl (C=O) groups is 1. The average molecular weight is 583 g/mol. The molecule has 0 bridgehead atoms. The van der Waals surface area contributed by atoms with Gasteiger partial charge in [-0.1, -0.05) is 35.3 Å². The summed E-state index contributed by atoms with van der Waals surface area (Å²) in [7, 11) is 0. The van der Waals surface area contributed by atoms with E-state index in [4.69, 9.17) is 23.2 Å². The first-order valence-corrected chi connectivity index (χ1v) is 11.4. The molecule has 0 radical (unpaired) electrons. The summed E-state index contributed by atoms with van der Waals surface area (Å²) in [5.41, 5.74) is 1.42. The summed E-state index contributed by atoms with van der Waals surface area (Å²) in [4.78, 5) is 16.5. The Morgan fingerprint density at radius 3 is 2.77 bits per heavy atom. The van der Waals surface area contributed by atoms with Crippen molar-refractivity contribution in [2.45, 2.75) is 12.7 Å². The number of anilines is 1. The number of hydrogen-bond donors (Lipinski definition) is 1.